The van der Waals surface area contributed by atoms with Crippen molar-refractivity contribution in [2.45, 2.75) is 19.3 Å². The Morgan fingerprint density at radius 2 is 1.59 bits per heavy atom. The number of benzene rings is 2. The zero-order valence-corrected chi connectivity index (χ0v) is 12.2. The zero-order chi connectivity index (χ0) is 16.1. The van der Waals surface area contributed by atoms with Crippen molar-refractivity contribution in [3.8, 4) is 0 Å². The van der Waals surface area contributed by atoms with Crippen molar-refractivity contribution in [1.82, 2.24) is 0 Å². The van der Waals surface area contributed by atoms with Gasteiger partial charge in [-0.15, -0.1) is 0 Å². The molecule has 2 rings (SSSR count). The quantitative estimate of drug-likeness (QED) is 0.657. The molecule has 0 fully saturated rings. The van der Waals surface area contributed by atoms with Crippen molar-refractivity contribution < 1.29 is 19.5 Å². The summed E-state index contributed by atoms with van der Waals surface area (Å²) >= 11 is 0. The Bertz CT molecular complexity index is 704. The zero-order valence-electron chi connectivity index (χ0n) is 12.2. The summed E-state index contributed by atoms with van der Waals surface area (Å²) in [5, 5.41) is 8.70. The maximum Gasteiger partial charge on any atom is 0.310 e. The van der Waals surface area contributed by atoms with Crippen molar-refractivity contribution in [3.63, 3.8) is 0 Å². The van der Waals surface area contributed by atoms with Crippen molar-refractivity contribution in [1.29, 1.82) is 0 Å². The number of carbonyl (C=O) groups is 3. The van der Waals surface area contributed by atoms with Gasteiger partial charge in [0.2, 0.25) is 0 Å². The third kappa shape index (κ3) is 3.67. The van der Waals surface area contributed by atoms with E-state index in [0.717, 1.165) is 0 Å². The van der Waals surface area contributed by atoms with Gasteiger partial charge in [0.25, 0.3) is 0 Å². The van der Waals surface area contributed by atoms with Crippen LogP contribution in [-0.2, 0) is 9.59 Å². The second kappa shape index (κ2) is 6.80. The topological polar surface area (TPSA) is 71.4 Å². The van der Waals surface area contributed by atoms with Gasteiger partial charge >= 0.3 is 5.97 Å². The number of rotatable bonds is 6. The molecule has 0 amide bonds. The van der Waals surface area contributed by atoms with Gasteiger partial charge in [-0.05, 0) is 11.6 Å². The molecule has 0 heterocycles. The van der Waals surface area contributed by atoms with E-state index in [1.165, 1.54) is 0 Å². The summed E-state index contributed by atoms with van der Waals surface area (Å²) in [5.41, 5.74) is 1.70. The molecule has 0 saturated heterocycles. The van der Waals surface area contributed by atoms with Gasteiger partial charge in [0.05, 0.1) is 0 Å². The van der Waals surface area contributed by atoms with E-state index in [1.54, 1.807) is 55.5 Å². The summed E-state index contributed by atoms with van der Waals surface area (Å²) in [4.78, 5) is 34.9. The molecule has 1 N–H and O–H groups in total. The molecule has 2 aromatic carbocycles. The highest BCUT2D eigenvalue weighted by Gasteiger charge is 2.19. The number of hydrogen-bond donors (Lipinski definition) is 1. The van der Waals surface area contributed by atoms with Crippen LogP contribution in [0.1, 0.15) is 40.7 Å². The largest absolute Gasteiger partial charge is 0.481 e. The predicted octanol–water partition coefficient (Wildman–Crippen LogP) is 3.06. The fraction of sp³-hybridized carbons (Fsp3) is 0.167. The molecule has 22 heavy (non-hydrogen) atoms. The van der Waals surface area contributed by atoms with Crippen molar-refractivity contribution >= 4 is 17.5 Å². The van der Waals surface area contributed by atoms with Crippen LogP contribution in [0.15, 0.2) is 54.6 Å². The maximum atomic E-state index is 12.4. The van der Waals surface area contributed by atoms with Crippen LogP contribution in [0.3, 0.4) is 0 Å². The van der Waals surface area contributed by atoms with Crippen LogP contribution >= 0.6 is 0 Å². The molecule has 0 aromatic heterocycles. The van der Waals surface area contributed by atoms with Gasteiger partial charge < -0.3 is 5.11 Å². The average Bonchev–Trinajstić information content (AvgIpc) is 2.53. The summed E-state index contributed by atoms with van der Waals surface area (Å²) in [6.45, 7) is 1.65. The number of hydrogen-bond acceptors (Lipinski definition) is 3. The molecule has 1 atom stereocenters. The number of ketones is 2. The van der Waals surface area contributed by atoms with Gasteiger partial charge in [-0.3, -0.25) is 14.4 Å². The minimum Gasteiger partial charge on any atom is -0.481 e. The highest BCUT2D eigenvalue weighted by molar-refractivity contribution is 6.09. The van der Waals surface area contributed by atoms with Crippen LogP contribution in [0, 0.1) is 0 Å². The number of carbonyl (C=O) groups excluding carboxylic acids is 2. The molecule has 4 nitrogen and oxygen atoms in total. The first-order chi connectivity index (χ1) is 10.5. The van der Waals surface area contributed by atoms with Gasteiger partial charge in [0.15, 0.2) is 11.6 Å². The molecular weight excluding hydrogens is 280 g/mol. The van der Waals surface area contributed by atoms with Crippen LogP contribution in [0.25, 0.3) is 0 Å². The normalized spacial score (nSPS) is 11.7. The number of carboxylic acid groups (broad SMARTS) is 1. The van der Waals surface area contributed by atoms with Crippen molar-refractivity contribution in [2.24, 2.45) is 0 Å². The first-order valence-electron chi connectivity index (χ1n) is 6.93. The molecule has 0 saturated carbocycles. The molecule has 2 aromatic rings. The predicted molar refractivity (Wildman–Crippen MR) is 82.0 cm³/mol. The van der Waals surface area contributed by atoms with E-state index in [1.807, 2.05) is 6.07 Å². The molecule has 0 radical (unpaired) electrons. The van der Waals surface area contributed by atoms with Gasteiger partial charge in [0.1, 0.15) is 6.42 Å². The van der Waals surface area contributed by atoms with E-state index in [2.05, 4.69) is 0 Å². The summed E-state index contributed by atoms with van der Waals surface area (Å²) < 4.78 is 0. The summed E-state index contributed by atoms with van der Waals surface area (Å²) in [6, 6.07) is 15.6. The van der Waals surface area contributed by atoms with Gasteiger partial charge in [-0.1, -0.05) is 55.5 Å². The fourth-order valence-electron chi connectivity index (χ4n) is 2.19. The number of carboxylic acids is 1. The van der Waals surface area contributed by atoms with E-state index in [9.17, 15) is 14.4 Å². The summed E-state index contributed by atoms with van der Waals surface area (Å²) in [7, 11) is 0. The smallest absolute Gasteiger partial charge is 0.310 e. The third-order valence-corrected chi connectivity index (χ3v) is 3.49. The lowest BCUT2D eigenvalue weighted by Crippen LogP contribution is -2.14. The molecule has 0 unspecified atom stereocenters. The Balaban J connectivity index is 2.25. The maximum absolute atomic E-state index is 12.4. The van der Waals surface area contributed by atoms with Crippen LogP contribution in [0.2, 0.25) is 0 Å². The minimum absolute atomic E-state index is 0.125. The Morgan fingerprint density at radius 1 is 0.955 bits per heavy atom. The lowest BCUT2D eigenvalue weighted by Gasteiger charge is -2.11. The summed E-state index contributed by atoms with van der Waals surface area (Å²) in [5.74, 6) is -2.20. The van der Waals surface area contributed by atoms with E-state index in [4.69, 9.17) is 5.11 Å². The molecule has 0 aliphatic carbocycles. The molecule has 0 aliphatic rings. The SMILES string of the molecule is C[C@@H](C(=O)CC(=O)O)c1cccc(C(=O)c2ccccc2)c1. The second-order valence-corrected chi connectivity index (χ2v) is 5.08. The Morgan fingerprint density at radius 3 is 2.23 bits per heavy atom. The Kier molecular flexibility index (Phi) is 4.84. The van der Waals surface area contributed by atoms with Crippen LogP contribution in [0.4, 0.5) is 0 Å². The minimum atomic E-state index is -1.15. The molecule has 112 valence electrons. The standard InChI is InChI=1S/C18H16O4/c1-12(16(19)11-17(20)21)14-8-5-9-15(10-14)18(22)13-6-3-2-4-7-13/h2-10,12H,11H2,1H3,(H,20,21)/t12-/m1/s1. The molecule has 4 heteroatoms. The second-order valence-electron chi connectivity index (χ2n) is 5.08. The number of aliphatic carboxylic acids is 1. The monoisotopic (exact) mass is 296 g/mol. The van der Waals surface area contributed by atoms with E-state index < -0.39 is 18.3 Å². The highest BCUT2D eigenvalue weighted by Crippen LogP contribution is 2.20. The Labute approximate surface area is 128 Å². The number of Topliss-reactive ketones (excluding diaryl/α,β-unsaturated/α-hetero) is 1. The van der Waals surface area contributed by atoms with Gasteiger partial charge in [-0.25, -0.2) is 0 Å². The van der Waals surface area contributed by atoms with Gasteiger partial charge in [-0.2, -0.15) is 0 Å². The van der Waals surface area contributed by atoms with Crippen LogP contribution in [0.5, 0.6) is 0 Å². The van der Waals surface area contributed by atoms with E-state index in [0.29, 0.717) is 16.7 Å². The van der Waals surface area contributed by atoms with E-state index >= 15 is 0 Å². The first kappa shape index (κ1) is 15.6. The lowest BCUT2D eigenvalue weighted by molar-refractivity contribution is -0.140. The average molecular weight is 296 g/mol. The third-order valence-electron chi connectivity index (χ3n) is 3.49. The molecular formula is C18H16O4. The van der Waals surface area contributed by atoms with Crippen LogP contribution < -0.4 is 0 Å². The molecule has 0 aliphatic heterocycles. The van der Waals surface area contributed by atoms with Crippen LogP contribution in [-0.4, -0.2) is 22.6 Å². The summed E-state index contributed by atoms with van der Waals surface area (Å²) in [6.07, 6.45) is -0.516. The lowest BCUT2D eigenvalue weighted by atomic mass is 9.92. The Hall–Kier alpha value is -2.75. The highest BCUT2D eigenvalue weighted by atomic mass is 16.4. The van der Waals surface area contributed by atoms with E-state index in [-0.39, 0.29) is 11.6 Å². The molecule has 0 spiro atoms. The molecule has 0 bridgehead atoms. The first-order valence-corrected chi connectivity index (χ1v) is 6.93. The van der Waals surface area contributed by atoms with Gasteiger partial charge in [0, 0.05) is 17.0 Å². The van der Waals surface area contributed by atoms with Crippen molar-refractivity contribution in [3.05, 3.63) is 71.3 Å². The fourth-order valence-corrected chi connectivity index (χ4v) is 2.19. The van der Waals surface area contributed by atoms with Crippen molar-refractivity contribution in [2.75, 3.05) is 0 Å².